The van der Waals surface area contributed by atoms with Gasteiger partial charge in [-0.1, -0.05) is 13.0 Å². The van der Waals surface area contributed by atoms with Crippen molar-refractivity contribution in [3.05, 3.63) is 44.3 Å². The van der Waals surface area contributed by atoms with Gasteiger partial charge in [0.25, 0.3) is 0 Å². The molecule has 0 fully saturated rings. The predicted octanol–water partition coefficient (Wildman–Crippen LogP) is 2.74. The van der Waals surface area contributed by atoms with Crippen LogP contribution in [0, 0.1) is 0 Å². The first-order chi connectivity index (χ1) is 12.6. The van der Waals surface area contributed by atoms with Crippen molar-refractivity contribution >= 4 is 34.5 Å². The summed E-state index contributed by atoms with van der Waals surface area (Å²) in [7, 11) is 1.82. The minimum atomic E-state index is -0.0317. The second kappa shape index (κ2) is 8.79. The van der Waals surface area contributed by atoms with Crippen molar-refractivity contribution in [1.82, 2.24) is 15.1 Å². The zero-order valence-electron chi connectivity index (χ0n) is 15.2. The minimum absolute atomic E-state index is 0.000169. The van der Waals surface area contributed by atoms with E-state index in [0.29, 0.717) is 6.54 Å². The Morgan fingerprint density at radius 3 is 2.85 bits per heavy atom. The zero-order valence-corrected chi connectivity index (χ0v) is 16.9. The van der Waals surface area contributed by atoms with Gasteiger partial charge in [0.2, 0.25) is 11.8 Å². The van der Waals surface area contributed by atoms with Crippen LogP contribution in [0.2, 0.25) is 0 Å². The number of hydrogen-bond acceptors (Lipinski definition) is 5. The second-order valence-electron chi connectivity index (χ2n) is 6.58. The van der Waals surface area contributed by atoms with E-state index in [2.05, 4.69) is 28.2 Å². The maximum Gasteiger partial charge on any atom is 0.237 e. The highest BCUT2D eigenvalue weighted by Gasteiger charge is 2.33. The number of nitrogens with one attached hydrogen (secondary N) is 1. The molecule has 0 unspecified atom stereocenters. The monoisotopic (exact) mass is 391 g/mol. The Hall–Kier alpha value is -1.70. The average Bonchev–Trinajstić information content (AvgIpc) is 3.29. The summed E-state index contributed by atoms with van der Waals surface area (Å²) < 4.78 is 0. The van der Waals surface area contributed by atoms with Crippen LogP contribution in [-0.2, 0) is 16.0 Å². The number of thiophene rings is 2. The largest absolute Gasteiger partial charge is 0.355 e. The molecule has 1 atom stereocenters. The van der Waals surface area contributed by atoms with Crippen molar-refractivity contribution in [2.75, 3.05) is 33.2 Å². The molecule has 2 aromatic rings. The molecule has 0 spiro atoms. The number of rotatable bonds is 7. The first kappa shape index (κ1) is 19.1. The molecule has 1 aliphatic rings. The molecule has 3 rings (SSSR count). The third-order valence-corrected chi connectivity index (χ3v) is 6.41. The van der Waals surface area contributed by atoms with Crippen LogP contribution in [0.15, 0.2) is 29.0 Å². The molecule has 0 bridgehead atoms. The predicted molar refractivity (Wildman–Crippen MR) is 107 cm³/mol. The summed E-state index contributed by atoms with van der Waals surface area (Å²) in [5.41, 5.74) is 1.25. The van der Waals surface area contributed by atoms with Crippen molar-refractivity contribution in [2.45, 2.75) is 25.8 Å². The van der Waals surface area contributed by atoms with Crippen LogP contribution in [0.3, 0.4) is 0 Å². The van der Waals surface area contributed by atoms with Gasteiger partial charge in [-0.3, -0.25) is 14.5 Å². The van der Waals surface area contributed by atoms with Gasteiger partial charge >= 0.3 is 0 Å². The summed E-state index contributed by atoms with van der Waals surface area (Å²) in [6, 6.07) is 6.28. The molecule has 26 heavy (non-hydrogen) atoms. The van der Waals surface area contributed by atoms with Crippen molar-refractivity contribution in [1.29, 1.82) is 0 Å². The summed E-state index contributed by atoms with van der Waals surface area (Å²) >= 11 is 3.46. The van der Waals surface area contributed by atoms with Gasteiger partial charge in [-0.05, 0) is 48.3 Å². The smallest absolute Gasteiger partial charge is 0.237 e. The van der Waals surface area contributed by atoms with Gasteiger partial charge in [-0.25, -0.2) is 0 Å². The van der Waals surface area contributed by atoms with E-state index in [0.717, 1.165) is 19.4 Å². The van der Waals surface area contributed by atoms with E-state index in [1.807, 2.05) is 24.9 Å². The molecular formula is C19H25N3O2S2. The highest BCUT2D eigenvalue weighted by molar-refractivity contribution is 7.10. The molecule has 2 aromatic heterocycles. The number of nitrogens with zero attached hydrogens (tertiary/aromatic N) is 2. The normalized spacial score (nSPS) is 16.6. The standard InChI is InChI=1S/C19H25N3O2S2/c1-3-8-20-17(23)12-21(2)13-18(24)22-9-6-15-14(7-11-26-15)19(22)16-5-4-10-25-16/h4-5,7,10-11,19H,3,6,8-9,12-13H2,1-2H3,(H,20,23)/t19-/m1/s1. The van der Waals surface area contributed by atoms with Crippen LogP contribution in [-0.4, -0.2) is 54.8 Å². The fourth-order valence-electron chi connectivity index (χ4n) is 3.28. The van der Waals surface area contributed by atoms with Crippen LogP contribution >= 0.6 is 22.7 Å². The van der Waals surface area contributed by atoms with E-state index in [1.165, 1.54) is 15.3 Å². The number of amides is 2. The van der Waals surface area contributed by atoms with Crippen molar-refractivity contribution in [2.24, 2.45) is 0 Å². The Kier molecular flexibility index (Phi) is 6.45. The van der Waals surface area contributed by atoms with Gasteiger partial charge in [0.15, 0.2) is 0 Å². The van der Waals surface area contributed by atoms with E-state index in [4.69, 9.17) is 0 Å². The molecule has 1 aliphatic heterocycles. The maximum absolute atomic E-state index is 13.0. The quantitative estimate of drug-likeness (QED) is 0.790. The molecule has 2 amide bonds. The SMILES string of the molecule is CCCNC(=O)CN(C)CC(=O)N1CCc2sccc2[C@@H]1c1cccs1. The molecule has 3 heterocycles. The molecule has 1 N–H and O–H groups in total. The van der Waals surface area contributed by atoms with Crippen LogP contribution in [0.4, 0.5) is 0 Å². The van der Waals surface area contributed by atoms with Gasteiger partial charge in [0.1, 0.15) is 0 Å². The Balaban J connectivity index is 1.69. The maximum atomic E-state index is 13.0. The molecule has 5 nitrogen and oxygen atoms in total. The van der Waals surface area contributed by atoms with E-state index < -0.39 is 0 Å². The number of carbonyl (C=O) groups excluding carboxylic acids is 2. The fourth-order valence-corrected chi connectivity index (χ4v) is 5.04. The first-order valence-corrected chi connectivity index (χ1v) is 10.7. The lowest BCUT2D eigenvalue weighted by Gasteiger charge is -2.36. The summed E-state index contributed by atoms with van der Waals surface area (Å²) in [6.07, 6.45) is 1.81. The lowest BCUT2D eigenvalue weighted by atomic mass is 9.98. The third-order valence-electron chi connectivity index (χ3n) is 4.49. The average molecular weight is 392 g/mol. The molecule has 0 saturated carbocycles. The third kappa shape index (κ3) is 4.34. The molecule has 0 saturated heterocycles. The van der Waals surface area contributed by atoms with Crippen LogP contribution in [0.1, 0.15) is 34.7 Å². The topological polar surface area (TPSA) is 52.7 Å². The minimum Gasteiger partial charge on any atom is -0.355 e. The van der Waals surface area contributed by atoms with Crippen molar-refractivity contribution < 1.29 is 9.59 Å². The zero-order chi connectivity index (χ0) is 18.5. The van der Waals surface area contributed by atoms with E-state index >= 15 is 0 Å². The summed E-state index contributed by atoms with van der Waals surface area (Å²) in [6.45, 7) is 3.92. The Labute approximate surface area is 162 Å². The molecule has 140 valence electrons. The van der Waals surface area contributed by atoms with Gasteiger partial charge in [0, 0.05) is 22.8 Å². The summed E-state index contributed by atoms with van der Waals surface area (Å²) in [4.78, 5) is 31.2. The fraction of sp³-hybridized carbons (Fsp3) is 0.474. The van der Waals surface area contributed by atoms with E-state index in [1.54, 1.807) is 27.6 Å². The van der Waals surface area contributed by atoms with Crippen LogP contribution in [0.5, 0.6) is 0 Å². The molecular weight excluding hydrogens is 366 g/mol. The number of hydrogen-bond donors (Lipinski definition) is 1. The Morgan fingerprint density at radius 2 is 2.12 bits per heavy atom. The molecule has 0 aromatic carbocycles. The van der Waals surface area contributed by atoms with E-state index in [9.17, 15) is 9.59 Å². The lowest BCUT2D eigenvalue weighted by molar-refractivity contribution is -0.134. The molecule has 0 radical (unpaired) electrons. The van der Waals surface area contributed by atoms with Gasteiger partial charge in [-0.2, -0.15) is 0 Å². The lowest BCUT2D eigenvalue weighted by Crippen LogP contribution is -2.46. The summed E-state index contributed by atoms with van der Waals surface area (Å²) in [5.74, 6) is 0.0433. The molecule has 0 aliphatic carbocycles. The molecule has 7 heteroatoms. The van der Waals surface area contributed by atoms with Crippen molar-refractivity contribution in [3.8, 4) is 0 Å². The second-order valence-corrected chi connectivity index (χ2v) is 8.56. The van der Waals surface area contributed by atoms with Gasteiger partial charge in [0.05, 0.1) is 19.1 Å². The van der Waals surface area contributed by atoms with Crippen molar-refractivity contribution in [3.63, 3.8) is 0 Å². The Bertz CT molecular complexity index is 742. The summed E-state index contributed by atoms with van der Waals surface area (Å²) in [5, 5.41) is 7.03. The van der Waals surface area contributed by atoms with Gasteiger partial charge < -0.3 is 10.2 Å². The highest BCUT2D eigenvalue weighted by Crippen LogP contribution is 2.39. The van der Waals surface area contributed by atoms with Crippen LogP contribution < -0.4 is 5.32 Å². The number of likely N-dealkylation sites (N-methyl/N-ethyl adjacent to an activating group) is 1. The van der Waals surface area contributed by atoms with Gasteiger partial charge in [-0.15, -0.1) is 22.7 Å². The number of fused-ring (bicyclic) bond motifs is 1. The number of carbonyl (C=O) groups is 2. The first-order valence-electron chi connectivity index (χ1n) is 8.94. The Morgan fingerprint density at radius 1 is 1.27 bits per heavy atom. The van der Waals surface area contributed by atoms with Crippen LogP contribution in [0.25, 0.3) is 0 Å². The highest BCUT2D eigenvalue weighted by atomic mass is 32.1. The van der Waals surface area contributed by atoms with E-state index in [-0.39, 0.29) is 30.9 Å².